The third-order valence-electron chi connectivity index (χ3n) is 4.15. The molecule has 1 fully saturated rings. The largest absolute Gasteiger partial charge is 0.463 e. The molecule has 26 heavy (non-hydrogen) atoms. The molecule has 1 atom stereocenters. The number of morpholine rings is 1. The van der Waals surface area contributed by atoms with E-state index in [2.05, 4.69) is 5.32 Å². The molecule has 7 heteroatoms. The van der Waals surface area contributed by atoms with Gasteiger partial charge in [-0.05, 0) is 23.8 Å². The number of esters is 1. The van der Waals surface area contributed by atoms with E-state index in [4.69, 9.17) is 27.9 Å². The summed E-state index contributed by atoms with van der Waals surface area (Å²) in [7, 11) is 0. The van der Waals surface area contributed by atoms with Gasteiger partial charge in [-0.2, -0.15) is 0 Å². The molecular formula is C19H18Cl2N2O3. The number of cyclic esters (lactones) is 1. The first kappa shape index (κ1) is 18.7. The number of amides is 1. The number of hydrogen-bond acceptors (Lipinski definition) is 4. The van der Waals surface area contributed by atoms with Gasteiger partial charge in [0.05, 0.1) is 17.1 Å². The summed E-state index contributed by atoms with van der Waals surface area (Å²) >= 11 is 12.0. The Morgan fingerprint density at radius 1 is 1.19 bits per heavy atom. The molecule has 5 nitrogen and oxygen atoms in total. The zero-order valence-electron chi connectivity index (χ0n) is 14.0. The minimum atomic E-state index is -0.637. The summed E-state index contributed by atoms with van der Waals surface area (Å²) in [5.41, 5.74) is 1.49. The van der Waals surface area contributed by atoms with Crippen LogP contribution in [0, 0.1) is 0 Å². The molecule has 1 aliphatic rings. The highest BCUT2D eigenvalue weighted by atomic mass is 35.5. The Morgan fingerprint density at radius 2 is 1.96 bits per heavy atom. The molecule has 1 aliphatic heterocycles. The van der Waals surface area contributed by atoms with Crippen LogP contribution in [-0.4, -0.2) is 36.0 Å². The minimum Gasteiger partial charge on any atom is -0.463 e. The Labute approximate surface area is 161 Å². The van der Waals surface area contributed by atoms with Gasteiger partial charge in [0.15, 0.2) is 0 Å². The van der Waals surface area contributed by atoms with Gasteiger partial charge in [0.2, 0.25) is 5.91 Å². The highest BCUT2D eigenvalue weighted by molar-refractivity contribution is 6.35. The number of carbonyl (C=O) groups excluding carboxylic acids is 2. The lowest BCUT2D eigenvalue weighted by Gasteiger charge is -2.33. The average molecular weight is 393 g/mol. The molecule has 0 aliphatic carbocycles. The van der Waals surface area contributed by atoms with Crippen LogP contribution in [0.3, 0.4) is 0 Å². The highest BCUT2D eigenvalue weighted by Gasteiger charge is 2.33. The Kier molecular flexibility index (Phi) is 6.14. The highest BCUT2D eigenvalue weighted by Crippen LogP contribution is 2.26. The average Bonchev–Trinajstić information content (AvgIpc) is 2.62. The second-order valence-corrected chi connectivity index (χ2v) is 6.86. The van der Waals surface area contributed by atoms with Crippen molar-refractivity contribution in [2.24, 2.45) is 0 Å². The van der Waals surface area contributed by atoms with Gasteiger partial charge < -0.3 is 10.1 Å². The van der Waals surface area contributed by atoms with Crippen LogP contribution in [0.15, 0.2) is 48.5 Å². The minimum absolute atomic E-state index is 0.0193. The van der Waals surface area contributed by atoms with Crippen LogP contribution in [0.5, 0.6) is 0 Å². The van der Waals surface area contributed by atoms with Gasteiger partial charge in [0, 0.05) is 18.1 Å². The van der Waals surface area contributed by atoms with Crippen molar-refractivity contribution in [2.75, 3.05) is 18.5 Å². The van der Waals surface area contributed by atoms with Crippen molar-refractivity contribution in [3.63, 3.8) is 0 Å². The Hall–Kier alpha value is -2.08. The van der Waals surface area contributed by atoms with E-state index >= 15 is 0 Å². The van der Waals surface area contributed by atoms with Gasteiger partial charge in [-0.25, -0.2) is 0 Å². The molecule has 0 saturated carbocycles. The monoisotopic (exact) mass is 392 g/mol. The molecule has 2 aromatic rings. The summed E-state index contributed by atoms with van der Waals surface area (Å²) in [6.45, 7) is 1.48. The molecular weight excluding hydrogens is 375 g/mol. The third-order valence-corrected chi connectivity index (χ3v) is 4.71. The van der Waals surface area contributed by atoms with Gasteiger partial charge in [0.25, 0.3) is 0 Å². The van der Waals surface area contributed by atoms with Gasteiger partial charge in [-0.1, -0.05) is 53.5 Å². The molecule has 1 amide bonds. The van der Waals surface area contributed by atoms with E-state index in [9.17, 15) is 9.59 Å². The maximum absolute atomic E-state index is 12.4. The molecule has 1 heterocycles. The standard InChI is InChI=1S/C19H18Cl2N2O3/c20-14-6-7-15(21)16(10-14)22-18(24)11-17-19(25)26-9-8-23(17)12-13-4-2-1-3-5-13/h1-7,10,17H,8-9,11-12H2,(H,22,24). The second kappa shape index (κ2) is 8.54. The maximum atomic E-state index is 12.4. The van der Waals surface area contributed by atoms with Crippen molar-refractivity contribution in [3.05, 3.63) is 64.1 Å². The zero-order valence-corrected chi connectivity index (χ0v) is 15.5. The number of anilines is 1. The molecule has 3 rings (SSSR count). The van der Waals surface area contributed by atoms with E-state index in [-0.39, 0.29) is 18.3 Å². The van der Waals surface area contributed by atoms with Crippen LogP contribution < -0.4 is 5.32 Å². The summed E-state index contributed by atoms with van der Waals surface area (Å²) in [4.78, 5) is 26.6. The summed E-state index contributed by atoms with van der Waals surface area (Å²) in [6, 6.07) is 14.0. The lowest BCUT2D eigenvalue weighted by molar-refractivity contribution is -0.159. The van der Waals surface area contributed by atoms with Crippen molar-refractivity contribution >= 4 is 40.8 Å². The first-order chi connectivity index (χ1) is 12.5. The van der Waals surface area contributed by atoms with Crippen molar-refractivity contribution in [1.29, 1.82) is 0 Å². The van der Waals surface area contributed by atoms with E-state index in [1.807, 2.05) is 35.2 Å². The number of halogens is 2. The molecule has 136 valence electrons. The fraction of sp³-hybridized carbons (Fsp3) is 0.263. The van der Waals surface area contributed by atoms with Crippen LogP contribution in [0.1, 0.15) is 12.0 Å². The second-order valence-electron chi connectivity index (χ2n) is 6.02. The number of ether oxygens (including phenoxy) is 1. The molecule has 0 bridgehead atoms. The maximum Gasteiger partial charge on any atom is 0.323 e. The molecule has 1 saturated heterocycles. The third kappa shape index (κ3) is 4.75. The topological polar surface area (TPSA) is 58.6 Å². The lowest BCUT2D eigenvalue weighted by Crippen LogP contribution is -2.49. The van der Waals surface area contributed by atoms with Crippen molar-refractivity contribution in [2.45, 2.75) is 19.0 Å². The summed E-state index contributed by atoms with van der Waals surface area (Å²) in [5.74, 6) is -0.712. The van der Waals surface area contributed by atoms with Gasteiger partial charge in [-0.3, -0.25) is 14.5 Å². The van der Waals surface area contributed by atoms with E-state index in [1.165, 1.54) is 0 Å². The van der Waals surface area contributed by atoms with Gasteiger partial charge in [0.1, 0.15) is 12.6 Å². The Morgan fingerprint density at radius 3 is 2.73 bits per heavy atom. The number of benzene rings is 2. The summed E-state index contributed by atoms with van der Waals surface area (Å²) < 4.78 is 5.14. The smallest absolute Gasteiger partial charge is 0.323 e. The fourth-order valence-corrected chi connectivity index (χ4v) is 3.19. The molecule has 1 N–H and O–H groups in total. The normalized spacial score (nSPS) is 17.6. The molecule has 0 radical (unpaired) electrons. The number of hydrogen-bond donors (Lipinski definition) is 1. The first-order valence-corrected chi connectivity index (χ1v) is 8.98. The van der Waals surface area contributed by atoms with Crippen LogP contribution in [0.25, 0.3) is 0 Å². The van der Waals surface area contributed by atoms with E-state index in [1.54, 1.807) is 18.2 Å². The predicted octanol–water partition coefficient (Wildman–Crippen LogP) is 3.75. The first-order valence-electron chi connectivity index (χ1n) is 8.22. The number of rotatable bonds is 5. The van der Waals surface area contributed by atoms with Gasteiger partial charge >= 0.3 is 5.97 Å². The summed E-state index contributed by atoms with van der Waals surface area (Å²) in [5, 5.41) is 3.56. The van der Waals surface area contributed by atoms with Crippen LogP contribution in [0.4, 0.5) is 5.69 Å². The van der Waals surface area contributed by atoms with Gasteiger partial charge in [-0.15, -0.1) is 0 Å². The number of nitrogens with one attached hydrogen (secondary N) is 1. The molecule has 2 aromatic carbocycles. The lowest BCUT2D eigenvalue weighted by atomic mass is 10.1. The SMILES string of the molecule is O=C(CC1C(=O)OCCN1Cc1ccccc1)Nc1cc(Cl)ccc1Cl. The van der Waals surface area contributed by atoms with Crippen LogP contribution >= 0.6 is 23.2 Å². The molecule has 0 aromatic heterocycles. The molecule has 0 spiro atoms. The van der Waals surface area contributed by atoms with Crippen molar-refractivity contribution < 1.29 is 14.3 Å². The quantitative estimate of drug-likeness (QED) is 0.787. The van der Waals surface area contributed by atoms with Crippen LogP contribution in [0.2, 0.25) is 10.0 Å². The Balaban J connectivity index is 1.69. The van der Waals surface area contributed by atoms with E-state index in [0.29, 0.717) is 35.4 Å². The van der Waals surface area contributed by atoms with Crippen LogP contribution in [-0.2, 0) is 20.9 Å². The number of carbonyl (C=O) groups is 2. The van der Waals surface area contributed by atoms with E-state index < -0.39 is 6.04 Å². The number of nitrogens with zero attached hydrogens (tertiary/aromatic N) is 1. The summed E-state index contributed by atoms with van der Waals surface area (Å²) in [6.07, 6.45) is -0.0193. The zero-order chi connectivity index (χ0) is 18.5. The van der Waals surface area contributed by atoms with Crippen molar-refractivity contribution in [3.8, 4) is 0 Å². The molecule has 1 unspecified atom stereocenters. The predicted molar refractivity (Wildman–Crippen MR) is 101 cm³/mol. The van der Waals surface area contributed by atoms with Crippen molar-refractivity contribution in [1.82, 2.24) is 4.90 Å². The Bertz CT molecular complexity index is 799. The fourth-order valence-electron chi connectivity index (χ4n) is 2.85. The van der Waals surface area contributed by atoms with E-state index in [0.717, 1.165) is 5.56 Å².